The van der Waals surface area contributed by atoms with Gasteiger partial charge >= 0.3 is 12.1 Å². The summed E-state index contributed by atoms with van der Waals surface area (Å²) >= 11 is -2.82. The predicted octanol–water partition coefficient (Wildman–Crippen LogP) is 2.91. The van der Waals surface area contributed by atoms with Gasteiger partial charge < -0.3 is 28.8 Å². The molecule has 2 atom stereocenters. The summed E-state index contributed by atoms with van der Waals surface area (Å²) in [4.78, 5) is 25.9. The van der Waals surface area contributed by atoms with Gasteiger partial charge in [0.05, 0.1) is 13.7 Å². The second-order valence-corrected chi connectivity index (χ2v) is 8.86. The molecule has 1 fully saturated rings. The summed E-state index contributed by atoms with van der Waals surface area (Å²) in [6, 6.07) is 12.8. The van der Waals surface area contributed by atoms with Crippen LogP contribution in [-0.4, -0.2) is 77.4 Å². The molecule has 0 saturated carbocycles. The lowest BCUT2D eigenvalue weighted by molar-refractivity contribution is -0.140. The highest BCUT2D eigenvalue weighted by atomic mass is 32.2. The molecule has 1 aliphatic rings. The van der Waals surface area contributed by atoms with Crippen LogP contribution in [0.2, 0.25) is 0 Å². The Hall–Kier alpha value is -3.15. The summed E-state index contributed by atoms with van der Waals surface area (Å²) in [5, 5.41) is 9.96. The summed E-state index contributed by atoms with van der Waals surface area (Å²) in [6.45, 7) is 0.958. The first-order valence-corrected chi connectivity index (χ1v) is 12.2. The Labute approximate surface area is 206 Å². The van der Waals surface area contributed by atoms with Crippen molar-refractivity contribution in [3.63, 3.8) is 0 Å². The van der Waals surface area contributed by atoms with Crippen LogP contribution in [0.3, 0.4) is 0 Å². The van der Waals surface area contributed by atoms with Crippen LogP contribution < -0.4 is 9.04 Å². The van der Waals surface area contributed by atoms with Crippen LogP contribution >= 0.6 is 0 Å². The molecule has 10 nitrogen and oxygen atoms in total. The molecule has 0 aliphatic carbocycles. The molecule has 2 aromatic rings. The van der Waals surface area contributed by atoms with Crippen molar-refractivity contribution in [3.05, 3.63) is 48.5 Å². The van der Waals surface area contributed by atoms with Gasteiger partial charge in [0.15, 0.2) is 0 Å². The molecule has 11 heteroatoms. The van der Waals surface area contributed by atoms with E-state index in [2.05, 4.69) is 0 Å². The SMILES string of the molecule is COCCOC(=O)N1CCC(C(C(=O)O)N(c2ccc(-c3ccc(OC)cc3)cc2)S(=O)[O-])CC1. The van der Waals surface area contributed by atoms with Crippen LogP contribution in [0.1, 0.15) is 12.8 Å². The number of aliphatic carboxylic acids is 1. The van der Waals surface area contributed by atoms with Gasteiger partial charge in [0.25, 0.3) is 0 Å². The smallest absolute Gasteiger partial charge is 0.409 e. The van der Waals surface area contributed by atoms with Gasteiger partial charge in [-0.05, 0) is 54.2 Å². The van der Waals surface area contributed by atoms with E-state index >= 15 is 0 Å². The Kier molecular flexibility index (Phi) is 9.47. The average molecular weight is 506 g/mol. The summed E-state index contributed by atoms with van der Waals surface area (Å²) < 4.78 is 40.4. The normalized spacial score (nSPS) is 15.8. The summed E-state index contributed by atoms with van der Waals surface area (Å²) in [5.41, 5.74) is 2.01. The van der Waals surface area contributed by atoms with Crippen LogP contribution in [0, 0.1) is 5.92 Å². The lowest BCUT2D eigenvalue weighted by atomic mass is 9.89. The number of anilines is 1. The number of benzene rings is 2. The zero-order valence-electron chi connectivity index (χ0n) is 19.6. The number of hydrogen-bond acceptors (Lipinski definition) is 7. The highest BCUT2D eigenvalue weighted by molar-refractivity contribution is 7.80. The monoisotopic (exact) mass is 505 g/mol. The van der Waals surface area contributed by atoms with E-state index in [-0.39, 0.29) is 32.0 Å². The summed E-state index contributed by atoms with van der Waals surface area (Å²) in [7, 11) is 3.09. The molecule has 0 bridgehead atoms. The quantitative estimate of drug-likeness (QED) is 0.386. The first-order chi connectivity index (χ1) is 16.8. The fourth-order valence-corrected chi connectivity index (χ4v) is 4.86. The van der Waals surface area contributed by atoms with Gasteiger partial charge in [0, 0.05) is 37.2 Å². The van der Waals surface area contributed by atoms with Crippen molar-refractivity contribution in [1.82, 2.24) is 4.90 Å². The number of carboxylic acids is 1. The van der Waals surface area contributed by atoms with Crippen molar-refractivity contribution >= 4 is 29.0 Å². The lowest BCUT2D eigenvalue weighted by Crippen LogP contribution is -2.51. The van der Waals surface area contributed by atoms with Crippen molar-refractivity contribution in [2.75, 3.05) is 44.8 Å². The van der Waals surface area contributed by atoms with E-state index in [1.54, 1.807) is 31.4 Å². The third-order valence-electron chi connectivity index (χ3n) is 5.97. The van der Waals surface area contributed by atoms with Gasteiger partial charge in [-0.2, -0.15) is 0 Å². The van der Waals surface area contributed by atoms with E-state index in [0.29, 0.717) is 12.8 Å². The molecule has 1 N–H and O–H groups in total. The van der Waals surface area contributed by atoms with Crippen molar-refractivity contribution in [2.24, 2.45) is 5.92 Å². The number of nitrogens with zero attached hydrogens (tertiary/aromatic N) is 2. The number of amides is 1. The summed E-state index contributed by atoms with van der Waals surface area (Å²) in [5.74, 6) is -0.999. The molecule has 1 saturated heterocycles. The Morgan fingerprint density at radius 2 is 1.63 bits per heavy atom. The zero-order valence-corrected chi connectivity index (χ0v) is 20.4. The minimum Gasteiger partial charge on any atom is -0.755 e. The molecule has 1 amide bonds. The van der Waals surface area contributed by atoms with Crippen molar-refractivity contribution in [1.29, 1.82) is 0 Å². The van der Waals surface area contributed by atoms with E-state index in [1.807, 2.05) is 24.3 Å². The maximum atomic E-state index is 12.2. The molecule has 3 rings (SSSR count). The van der Waals surface area contributed by atoms with Crippen LogP contribution in [0.25, 0.3) is 11.1 Å². The third-order valence-corrected chi connectivity index (χ3v) is 6.73. The number of rotatable bonds is 10. The highest BCUT2D eigenvalue weighted by Gasteiger charge is 2.38. The molecule has 1 aliphatic heterocycles. The fourth-order valence-electron chi connectivity index (χ4n) is 4.12. The van der Waals surface area contributed by atoms with E-state index in [1.165, 1.54) is 12.0 Å². The van der Waals surface area contributed by atoms with Crippen molar-refractivity contribution in [2.45, 2.75) is 18.9 Å². The van der Waals surface area contributed by atoms with E-state index in [0.717, 1.165) is 21.2 Å². The van der Waals surface area contributed by atoms with Gasteiger partial charge in [0.1, 0.15) is 18.4 Å². The Balaban J connectivity index is 1.74. The molecule has 2 unspecified atom stereocenters. The molecule has 0 radical (unpaired) electrons. The Morgan fingerprint density at radius 3 is 2.11 bits per heavy atom. The highest BCUT2D eigenvalue weighted by Crippen LogP contribution is 2.31. The number of carbonyl (C=O) groups excluding carboxylic acids is 1. The fraction of sp³-hybridized carbons (Fsp3) is 0.417. The summed E-state index contributed by atoms with van der Waals surface area (Å²) in [6.07, 6.45) is 0.160. The van der Waals surface area contributed by atoms with Crippen LogP contribution in [0.15, 0.2) is 48.5 Å². The number of carboxylic acid groups (broad SMARTS) is 1. The van der Waals surface area contributed by atoms with Gasteiger partial charge in [-0.25, -0.2) is 9.59 Å². The maximum Gasteiger partial charge on any atom is 0.409 e. The molecular formula is C24H29N2O8S-. The second kappa shape index (κ2) is 12.5. The van der Waals surface area contributed by atoms with Crippen molar-refractivity contribution in [3.8, 4) is 16.9 Å². The average Bonchev–Trinajstić information content (AvgIpc) is 2.87. The molecule has 35 heavy (non-hydrogen) atoms. The van der Waals surface area contributed by atoms with Crippen LogP contribution in [0.4, 0.5) is 10.5 Å². The standard InChI is InChI=1S/C24H30N2O8S/c1-32-15-16-34-24(29)25-13-11-19(12-14-25)22(23(27)28)26(35(30)31)20-7-3-17(4-8-20)18-5-9-21(33-2)10-6-18/h3-10,19,22H,11-16H2,1-2H3,(H,27,28)(H,30,31)/p-1. The van der Waals surface area contributed by atoms with Gasteiger partial charge in [-0.3, -0.25) is 8.51 Å². The molecule has 0 spiro atoms. The third kappa shape index (κ3) is 6.71. The molecular weight excluding hydrogens is 476 g/mol. The number of ether oxygens (including phenoxy) is 3. The molecule has 1 heterocycles. The van der Waals surface area contributed by atoms with Crippen LogP contribution in [-0.2, 0) is 25.5 Å². The maximum absolute atomic E-state index is 12.2. The number of piperidine rings is 1. The minimum absolute atomic E-state index is 0.127. The number of carbonyl (C=O) groups is 2. The Bertz CT molecular complexity index is 1010. The van der Waals surface area contributed by atoms with E-state index in [4.69, 9.17) is 14.2 Å². The van der Waals surface area contributed by atoms with Gasteiger partial charge in [-0.1, -0.05) is 24.3 Å². The molecule has 2 aromatic carbocycles. The topological polar surface area (TPSA) is 129 Å². The lowest BCUT2D eigenvalue weighted by Gasteiger charge is -2.40. The van der Waals surface area contributed by atoms with Crippen molar-refractivity contribution < 1.29 is 37.7 Å². The van der Waals surface area contributed by atoms with E-state index in [9.17, 15) is 23.5 Å². The van der Waals surface area contributed by atoms with Gasteiger partial charge in [-0.15, -0.1) is 0 Å². The minimum atomic E-state index is -2.82. The first-order valence-electron chi connectivity index (χ1n) is 11.1. The molecule has 190 valence electrons. The van der Waals surface area contributed by atoms with Gasteiger partial charge in [0.2, 0.25) is 0 Å². The molecule has 0 aromatic heterocycles. The first kappa shape index (κ1) is 26.5. The van der Waals surface area contributed by atoms with E-state index < -0.39 is 35.3 Å². The largest absolute Gasteiger partial charge is 0.755 e. The number of hydrogen-bond donors (Lipinski definition) is 1. The number of methoxy groups -OCH3 is 2. The predicted molar refractivity (Wildman–Crippen MR) is 129 cm³/mol. The van der Waals surface area contributed by atoms with Crippen LogP contribution in [0.5, 0.6) is 5.75 Å². The zero-order chi connectivity index (χ0) is 25.4. The second-order valence-electron chi connectivity index (χ2n) is 8.03. The Morgan fingerprint density at radius 1 is 1.06 bits per heavy atom. The number of likely N-dealkylation sites (tertiary alicyclic amines) is 1.